The molecular weight excluding hydrogens is 424 g/mol. The summed E-state index contributed by atoms with van der Waals surface area (Å²) < 4.78 is 10.8. The van der Waals surface area contributed by atoms with Crippen LogP contribution in [0.2, 0.25) is 0 Å². The van der Waals surface area contributed by atoms with Crippen LogP contribution in [-0.4, -0.2) is 11.1 Å². The number of hydrogen-bond donors (Lipinski definition) is 1. The van der Waals surface area contributed by atoms with Gasteiger partial charge in [0.2, 0.25) is 11.5 Å². The van der Waals surface area contributed by atoms with E-state index in [1.807, 2.05) is 6.92 Å². The van der Waals surface area contributed by atoms with Gasteiger partial charge in [0.05, 0.1) is 0 Å². The molecule has 0 saturated carbocycles. The predicted molar refractivity (Wildman–Crippen MR) is 143 cm³/mol. The normalized spacial score (nSPS) is 11.3. The lowest BCUT2D eigenvalue weighted by molar-refractivity contribution is -0.134. The fraction of sp³-hybridized carbons (Fsp3) is 0.833. The Labute approximate surface area is 210 Å². The average Bonchev–Trinajstić information content (AvgIpc) is 3.10. The van der Waals surface area contributed by atoms with Crippen LogP contribution in [0.25, 0.3) is 0 Å². The van der Waals surface area contributed by atoms with Gasteiger partial charge in [-0.2, -0.15) is 0 Å². The van der Waals surface area contributed by atoms with Crippen LogP contribution < -0.4 is 4.74 Å². The van der Waals surface area contributed by atoms with Gasteiger partial charge >= 0.3 is 5.97 Å². The number of ether oxygens (including phenoxy) is 1. The van der Waals surface area contributed by atoms with E-state index in [4.69, 9.17) is 9.15 Å². The van der Waals surface area contributed by atoms with Crippen LogP contribution in [-0.2, 0) is 11.2 Å². The van der Waals surface area contributed by atoms with Gasteiger partial charge in [0.15, 0.2) is 5.76 Å². The van der Waals surface area contributed by atoms with Crippen LogP contribution in [0.1, 0.15) is 160 Å². The Morgan fingerprint density at radius 3 is 1.44 bits per heavy atom. The van der Waals surface area contributed by atoms with Gasteiger partial charge in [0, 0.05) is 12.8 Å². The predicted octanol–water partition coefficient (Wildman–Crippen LogP) is 9.97. The number of aryl methyl sites for hydroxylation is 2. The third-order valence-electron chi connectivity index (χ3n) is 6.85. The van der Waals surface area contributed by atoms with E-state index in [1.165, 1.54) is 116 Å². The van der Waals surface area contributed by atoms with E-state index in [1.54, 1.807) is 6.92 Å². The second-order valence-electron chi connectivity index (χ2n) is 10.1. The van der Waals surface area contributed by atoms with Crippen molar-refractivity contribution < 1.29 is 19.1 Å². The lowest BCUT2D eigenvalue weighted by Gasteiger charge is -2.05. The van der Waals surface area contributed by atoms with Crippen molar-refractivity contribution in [3.63, 3.8) is 0 Å². The summed E-state index contributed by atoms with van der Waals surface area (Å²) >= 11 is 0. The number of hydrogen-bond acceptors (Lipinski definition) is 4. The second kappa shape index (κ2) is 20.9. The van der Waals surface area contributed by atoms with Crippen LogP contribution in [0.4, 0.5) is 0 Å². The molecule has 4 heteroatoms. The van der Waals surface area contributed by atoms with Gasteiger partial charge in [-0.15, -0.1) is 0 Å². The largest absolute Gasteiger partial charge is 0.502 e. The summed E-state index contributed by atoms with van der Waals surface area (Å²) in [4.78, 5) is 12.1. The Kier molecular flexibility index (Phi) is 18.8. The third-order valence-corrected chi connectivity index (χ3v) is 6.85. The highest BCUT2D eigenvalue weighted by Crippen LogP contribution is 2.37. The first kappa shape index (κ1) is 30.6. The molecule has 1 aromatic heterocycles. The minimum atomic E-state index is -0.284. The summed E-state index contributed by atoms with van der Waals surface area (Å²) in [5, 5.41) is 9.97. The number of aromatic hydroxyl groups is 1. The summed E-state index contributed by atoms with van der Waals surface area (Å²) in [6.45, 7) is 5.87. The average molecular weight is 479 g/mol. The number of esters is 1. The molecule has 0 aliphatic rings. The molecule has 1 aromatic rings. The summed E-state index contributed by atoms with van der Waals surface area (Å²) in [5.41, 5.74) is 0. The maximum atomic E-state index is 12.1. The van der Waals surface area contributed by atoms with Crippen LogP contribution in [0, 0.1) is 6.92 Å². The molecule has 4 nitrogen and oxygen atoms in total. The molecule has 0 fully saturated rings. The fourth-order valence-electron chi connectivity index (χ4n) is 4.60. The molecule has 0 spiro atoms. The molecule has 1 N–H and O–H groups in total. The Bertz CT molecular complexity index is 620. The monoisotopic (exact) mass is 478 g/mol. The molecule has 0 atom stereocenters. The Morgan fingerprint density at radius 2 is 1.06 bits per heavy atom. The van der Waals surface area contributed by atoms with E-state index in [9.17, 15) is 9.90 Å². The maximum absolute atomic E-state index is 12.1. The van der Waals surface area contributed by atoms with Crippen molar-refractivity contribution in [2.45, 2.75) is 162 Å². The van der Waals surface area contributed by atoms with Crippen molar-refractivity contribution in [1.82, 2.24) is 0 Å². The van der Waals surface area contributed by atoms with E-state index >= 15 is 0 Å². The number of carbonyl (C=O) groups is 1. The van der Waals surface area contributed by atoms with Crippen LogP contribution in [0.5, 0.6) is 11.5 Å². The molecule has 0 unspecified atom stereocenters. The summed E-state index contributed by atoms with van der Waals surface area (Å²) in [5.74, 6) is 0.811. The van der Waals surface area contributed by atoms with Crippen molar-refractivity contribution in [2.24, 2.45) is 0 Å². The molecule has 0 radical (unpaired) electrons. The van der Waals surface area contributed by atoms with Gasteiger partial charge in [-0.25, -0.2) is 0 Å². The molecule has 1 heterocycles. The number of rotatable bonds is 23. The van der Waals surface area contributed by atoms with Crippen molar-refractivity contribution in [1.29, 1.82) is 0 Å². The lowest BCUT2D eigenvalue weighted by Crippen LogP contribution is -2.08. The number of carbonyl (C=O) groups excluding carboxylic acids is 1. The van der Waals surface area contributed by atoms with Gasteiger partial charge in [-0.1, -0.05) is 136 Å². The molecular formula is C30H54O4. The summed E-state index contributed by atoms with van der Waals surface area (Å²) in [6, 6.07) is 0. The van der Waals surface area contributed by atoms with Crippen molar-refractivity contribution in [2.75, 3.05) is 0 Å². The fourth-order valence-corrected chi connectivity index (χ4v) is 4.60. The minimum absolute atomic E-state index is 0.0475. The Hall–Kier alpha value is -1.45. The third kappa shape index (κ3) is 14.7. The molecule has 0 saturated heterocycles. The van der Waals surface area contributed by atoms with Gasteiger partial charge in [-0.3, -0.25) is 4.79 Å². The van der Waals surface area contributed by atoms with Crippen molar-refractivity contribution in [3.05, 3.63) is 11.5 Å². The quantitative estimate of drug-likeness (QED) is 0.125. The van der Waals surface area contributed by atoms with Gasteiger partial charge in [0.25, 0.3) is 0 Å². The van der Waals surface area contributed by atoms with Crippen LogP contribution >= 0.6 is 0 Å². The molecule has 34 heavy (non-hydrogen) atoms. The van der Waals surface area contributed by atoms with Crippen LogP contribution in [0.15, 0.2) is 4.42 Å². The number of furan rings is 1. The van der Waals surface area contributed by atoms with Gasteiger partial charge in [0.1, 0.15) is 5.76 Å². The molecule has 0 aliphatic carbocycles. The lowest BCUT2D eigenvalue weighted by atomic mass is 10.0. The maximum Gasteiger partial charge on any atom is 0.311 e. The molecule has 0 aromatic carbocycles. The van der Waals surface area contributed by atoms with Gasteiger partial charge in [-0.05, 0) is 13.3 Å². The van der Waals surface area contributed by atoms with Gasteiger partial charge < -0.3 is 14.3 Å². The summed E-state index contributed by atoms with van der Waals surface area (Å²) in [7, 11) is 0. The molecule has 1 rings (SSSR count). The minimum Gasteiger partial charge on any atom is -0.502 e. The second-order valence-corrected chi connectivity index (χ2v) is 10.1. The highest BCUT2D eigenvalue weighted by atomic mass is 16.6. The first-order valence-corrected chi connectivity index (χ1v) is 14.6. The first-order chi connectivity index (χ1) is 16.6. The molecule has 198 valence electrons. The molecule has 0 bridgehead atoms. The Morgan fingerprint density at radius 1 is 0.676 bits per heavy atom. The van der Waals surface area contributed by atoms with E-state index < -0.39 is 0 Å². The Balaban J connectivity index is 1.82. The van der Waals surface area contributed by atoms with E-state index in [-0.39, 0.29) is 17.5 Å². The molecule has 0 amide bonds. The molecule has 0 aliphatic heterocycles. The highest BCUT2D eigenvalue weighted by Gasteiger charge is 2.20. The topological polar surface area (TPSA) is 59.7 Å². The van der Waals surface area contributed by atoms with Crippen molar-refractivity contribution in [3.8, 4) is 11.5 Å². The van der Waals surface area contributed by atoms with E-state index in [0.717, 1.165) is 12.8 Å². The first-order valence-electron chi connectivity index (χ1n) is 14.6. The zero-order valence-corrected chi connectivity index (χ0v) is 22.7. The smallest absolute Gasteiger partial charge is 0.311 e. The van der Waals surface area contributed by atoms with E-state index in [0.29, 0.717) is 24.4 Å². The number of unbranched alkanes of at least 4 members (excludes halogenated alkanes) is 19. The SMILES string of the molecule is CCCCCCCCCCCCCCCCCCCCCCC(=O)Oc1c(CC)oc(C)c1O. The zero-order valence-electron chi connectivity index (χ0n) is 22.7. The standard InChI is InChI=1S/C30H54O4/c1-4-6-7-8-9-10-11-12-13-14-15-16-17-18-19-20-21-22-23-24-25-28(31)34-30-27(5-2)33-26(3)29(30)32/h32H,4-25H2,1-3H3. The highest BCUT2D eigenvalue weighted by molar-refractivity contribution is 5.73. The van der Waals surface area contributed by atoms with E-state index in [2.05, 4.69) is 6.92 Å². The summed E-state index contributed by atoms with van der Waals surface area (Å²) in [6.07, 6.45) is 27.9. The van der Waals surface area contributed by atoms with Crippen molar-refractivity contribution >= 4 is 5.97 Å². The zero-order chi connectivity index (χ0) is 24.9. The van der Waals surface area contributed by atoms with Crippen LogP contribution in [0.3, 0.4) is 0 Å².